The van der Waals surface area contributed by atoms with Crippen LogP contribution >= 0.6 is 0 Å². The molecule has 2 nitrogen and oxygen atoms in total. The summed E-state index contributed by atoms with van der Waals surface area (Å²) in [6.07, 6.45) is 1.14. The zero-order valence-corrected chi connectivity index (χ0v) is 13.4. The standard InChI is InChI=1S/C8H18O.C7H16O/c1-6(2)8(5)9-7(3)4;1-6(2)5-8-7(3)4/h6-8H,1-5H3;6-7H,5H2,1-4H3. The molecule has 0 saturated carbocycles. The van der Waals surface area contributed by atoms with Crippen LogP contribution in [0.5, 0.6) is 0 Å². The highest BCUT2D eigenvalue weighted by molar-refractivity contribution is 4.55. The Morgan fingerprint density at radius 2 is 1.18 bits per heavy atom. The Morgan fingerprint density at radius 1 is 0.706 bits per heavy atom. The smallest absolute Gasteiger partial charge is 0.0573 e. The molecule has 0 aromatic rings. The van der Waals surface area contributed by atoms with Crippen molar-refractivity contribution in [3.8, 4) is 0 Å². The summed E-state index contributed by atoms with van der Waals surface area (Å²) in [6, 6.07) is 0. The van der Waals surface area contributed by atoms with E-state index >= 15 is 0 Å². The van der Waals surface area contributed by atoms with E-state index in [2.05, 4.69) is 62.3 Å². The number of hydrogen-bond acceptors (Lipinski definition) is 2. The minimum Gasteiger partial charge on any atom is -0.379 e. The first-order chi connectivity index (χ1) is 7.66. The maximum atomic E-state index is 5.51. The molecule has 0 N–H and O–H groups in total. The van der Waals surface area contributed by atoms with Gasteiger partial charge in [0.2, 0.25) is 0 Å². The quantitative estimate of drug-likeness (QED) is 0.686. The highest BCUT2D eigenvalue weighted by Crippen LogP contribution is 2.07. The van der Waals surface area contributed by atoms with Crippen LogP contribution in [0.3, 0.4) is 0 Å². The number of hydrogen-bond donors (Lipinski definition) is 0. The fraction of sp³-hybridized carbons (Fsp3) is 1.00. The SMILES string of the molecule is CC(C)COC(C)C.CC(C)OC(C)C(C)C. The van der Waals surface area contributed by atoms with Crippen molar-refractivity contribution < 1.29 is 9.47 Å². The minimum atomic E-state index is 0.363. The van der Waals surface area contributed by atoms with Gasteiger partial charge in [0.15, 0.2) is 0 Å². The monoisotopic (exact) mass is 246 g/mol. The molecule has 2 heteroatoms. The van der Waals surface area contributed by atoms with E-state index in [1.165, 1.54) is 0 Å². The molecule has 0 bridgehead atoms. The van der Waals surface area contributed by atoms with Gasteiger partial charge in [0, 0.05) is 6.61 Å². The Labute approximate surface area is 109 Å². The molecule has 0 radical (unpaired) electrons. The third kappa shape index (κ3) is 18.5. The van der Waals surface area contributed by atoms with Gasteiger partial charge in [-0.3, -0.25) is 0 Å². The Balaban J connectivity index is 0. The van der Waals surface area contributed by atoms with Gasteiger partial charge in [0.05, 0.1) is 18.3 Å². The third-order valence-corrected chi connectivity index (χ3v) is 2.19. The summed E-state index contributed by atoms with van der Waals surface area (Å²) in [7, 11) is 0. The van der Waals surface area contributed by atoms with Crippen LogP contribution in [0, 0.1) is 11.8 Å². The van der Waals surface area contributed by atoms with Crippen LogP contribution in [-0.2, 0) is 9.47 Å². The van der Waals surface area contributed by atoms with Gasteiger partial charge in [-0.1, -0.05) is 27.7 Å². The van der Waals surface area contributed by atoms with Crippen LogP contribution in [0.25, 0.3) is 0 Å². The van der Waals surface area contributed by atoms with Gasteiger partial charge in [-0.15, -0.1) is 0 Å². The first-order valence-corrected chi connectivity index (χ1v) is 6.93. The molecule has 0 aromatic carbocycles. The van der Waals surface area contributed by atoms with E-state index in [1.54, 1.807) is 0 Å². The van der Waals surface area contributed by atoms with Gasteiger partial charge in [0.25, 0.3) is 0 Å². The summed E-state index contributed by atoms with van der Waals surface area (Å²) in [4.78, 5) is 0. The molecule has 0 aliphatic heterocycles. The van der Waals surface area contributed by atoms with E-state index in [9.17, 15) is 0 Å². The van der Waals surface area contributed by atoms with Gasteiger partial charge in [0.1, 0.15) is 0 Å². The summed E-state index contributed by atoms with van der Waals surface area (Å²) in [6.45, 7) is 19.9. The van der Waals surface area contributed by atoms with Crippen LogP contribution in [0.15, 0.2) is 0 Å². The molecule has 106 valence electrons. The second-order valence-corrected chi connectivity index (χ2v) is 5.91. The van der Waals surface area contributed by atoms with E-state index in [0.717, 1.165) is 6.61 Å². The van der Waals surface area contributed by atoms with Gasteiger partial charge in [-0.25, -0.2) is 0 Å². The molecule has 1 unspecified atom stereocenters. The van der Waals surface area contributed by atoms with E-state index in [-0.39, 0.29) is 0 Å². The molecule has 0 heterocycles. The molecule has 0 amide bonds. The van der Waals surface area contributed by atoms with Crippen LogP contribution < -0.4 is 0 Å². The molecule has 0 aliphatic rings. The second-order valence-electron chi connectivity index (χ2n) is 5.91. The molecule has 0 spiro atoms. The number of ether oxygens (including phenoxy) is 2. The van der Waals surface area contributed by atoms with Gasteiger partial charge >= 0.3 is 0 Å². The van der Waals surface area contributed by atoms with Crippen LogP contribution in [-0.4, -0.2) is 24.9 Å². The molecule has 1 atom stereocenters. The van der Waals surface area contributed by atoms with Crippen LogP contribution in [0.4, 0.5) is 0 Å². The Morgan fingerprint density at radius 3 is 1.29 bits per heavy atom. The van der Waals surface area contributed by atoms with E-state index in [4.69, 9.17) is 9.47 Å². The predicted molar refractivity (Wildman–Crippen MR) is 76.4 cm³/mol. The number of rotatable bonds is 6. The van der Waals surface area contributed by atoms with Gasteiger partial charge in [-0.05, 0) is 46.5 Å². The predicted octanol–water partition coefficient (Wildman–Crippen LogP) is 4.52. The Kier molecular flexibility index (Phi) is 12.5. The normalized spacial score (nSPS) is 13.2. The van der Waals surface area contributed by atoms with Gasteiger partial charge in [-0.2, -0.15) is 0 Å². The van der Waals surface area contributed by atoms with Crippen molar-refractivity contribution in [2.24, 2.45) is 11.8 Å². The average molecular weight is 246 g/mol. The second kappa shape index (κ2) is 11.0. The first kappa shape index (κ1) is 19.3. The van der Waals surface area contributed by atoms with Gasteiger partial charge < -0.3 is 9.47 Å². The van der Waals surface area contributed by atoms with Crippen molar-refractivity contribution in [1.29, 1.82) is 0 Å². The van der Waals surface area contributed by atoms with Crippen molar-refractivity contribution in [3.05, 3.63) is 0 Å². The zero-order valence-electron chi connectivity index (χ0n) is 13.4. The van der Waals surface area contributed by atoms with E-state index in [1.807, 2.05) is 0 Å². The van der Waals surface area contributed by atoms with Crippen LogP contribution in [0.1, 0.15) is 62.3 Å². The largest absolute Gasteiger partial charge is 0.379 e. The zero-order chi connectivity index (χ0) is 14.0. The molecule has 0 aromatic heterocycles. The lowest BCUT2D eigenvalue weighted by molar-refractivity contribution is -0.00641. The Hall–Kier alpha value is -0.0800. The first-order valence-electron chi connectivity index (χ1n) is 6.93. The summed E-state index contributed by atoms with van der Waals surface area (Å²) < 4.78 is 10.8. The van der Waals surface area contributed by atoms with E-state index in [0.29, 0.717) is 30.1 Å². The maximum Gasteiger partial charge on any atom is 0.0573 e. The molecule has 0 rings (SSSR count). The fourth-order valence-corrected chi connectivity index (χ4v) is 0.971. The lowest BCUT2D eigenvalue weighted by Crippen LogP contribution is -2.19. The van der Waals surface area contributed by atoms with Crippen molar-refractivity contribution in [3.63, 3.8) is 0 Å². The maximum absolute atomic E-state index is 5.51. The van der Waals surface area contributed by atoms with Crippen molar-refractivity contribution in [2.75, 3.05) is 6.61 Å². The minimum absolute atomic E-state index is 0.363. The highest BCUT2D eigenvalue weighted by atomic mass is 16.5. The third-order valence-electron chi connectivity index (χ3n) is 2.19. The Bertz CT molecular complexity index is 143. The molecular formula is C15H34O2. The molecule has 17 heavy (non-hydrogen) atoms. The topological polar surface area (TPSA) is 18.5 Å². The van der Waals surface area contributed by atoms with Crippen molar-refractivity contribution in [1.82, 2.24) is 0 Å². The molecule has 0 fully saturated rings. The summed E-state index contributed by atoms with van der Waals surface area (Å²) in [5.41, 5.74) is 0. The van der Waals surface area contributed by atoms with Crippen LogP contribution in [0.2, 0.25) is 0 Å². The van der Waals surface area contributed by atoms with E-state index < -0.39 is 0 Å². The lowest BCUT2D eigenvalue weighted by atomic mass is 10.1. The molecular weight excluding hydrogens is 212 g/mol. The summed E-state index contributed by atoms with van der Waals surface area (Å²) in [5.74, 6) is 1.30. The average Bonchev–Trinajstić information content (AvgIpc) is 2.14. The summed E-state index contributed by atoms with van der Waals surface area (Å²) >= 11 is 0. The van der Waals surface area contributed by atoms with Crippen molar-refractivity contribution >= 4 is 0 Å². The highest BCUT2D eigenvalue weighted by Gasteiger charge is 2.07. The van der Waals surface area contributed by atoms with Crippen molar-refractivity contribution in [2.45, 2.75) is 80.6 Å². The fourth-order valence-electron chi connectivity index (χ4n) is 0.971. The summed E-state index contributed by atoms with van der Waals surface area (Å²) in [5, 5.41) is 0. The lowest BCUT2D eigenvalue weighted by Gasteiger charge is -2.18. The molecule has 0 aliphatic carbocycles. The molecule has 0 saturated heterocycles.